The molecule has 1 fully saturated rings. The van der Waals surface area contributed by atoms with Gasteiger partial charge in [0.2, 0.25) is 5.91 Å². The number of carboxylic acids is 1. The van der Waals surface area contributed by atoms with Crippen molar-refractivity contribution in [3.8, 4) is 0 Å². The van der Waals surface area contributed by atoms with Crippen molar-refractivity contribution in [2.24, 2.45) is 11.8 Å². The second kappa shape index (κ2) is 5.34. The lowest BCUT2D eigenvalue weighted by atomic mass is 9.82. The minimum absolute atomic E-state index is 0.0430. The molecule has 0 aromatic heterocycles. The molecule has 0 radical (unpaired) electrons. The number of rotatable bonds is 2. The summed E-state index contributed by atoms with van der Waals surface area (Å²) in [6, 6.07) is 0. The van der Waals surface area contributed by atoms with Gasteiger partial charge in [-0.1, -0.05) is 12.2 Å². The van der Waals surface area contributed by atoms with E-state index in [1.807, 2.05) is 17.1 Å². The Kier molecular flexibility index (Phi) is 3.82. The third kappa shape index (κ3) is 2.68. The van der Waals surface area contributed by atoms with Gasteiger partial charge in [0.15, 0.2) is 0 Å². The summed E-state index contributed by atoms with van der Waals surface area (Å²) in [6.07, 6.45) is 8.14. The third-order valence-corrected chi connectivity index (χ3v) is 3.73. The molecule has 2 rings (SSSR count). The van der Waals surface area contributed by atoms with E-state index in [-0.39, 0.29) is 11.8 Å². The highest BCUT2D eigenvalue weighted by atomic mass is 16.4. The maximum Gasteiger partial charge on any atom is 0.307 e. The smallest absolute Gasteiger partial charge is 0.307 e. The summed E-state index contributed by atoms with van der Waals surface area (Å²) in [6.45, 7) is 1.59. The lowest BCUT2D eigenvalue weighted by Gasteiger charge is -2.33. The first-order valence-corrected chi connectivity index (χ1v) is 6.36. The van der Waals surface area contributed by atoms with E-state index < -0.39 is 11.9 Å². The van der Waals surface area contributed by atoms with Crippen LogP contribution >= 0.6 is 0 Å². The second-order valence-corrected chi connectivity index (χ2v) is 4.88. The first-order chi connectivity index (χ1) is 8.20. The molecular formula is C13H19NO3. The van der Waals surface area contributed by atoms with Crippen LogP contribution in [-0.4, -0.2) is 35.0 Å². The van der Waals surface area contributed by atoms with Gasteiger partial charge in [0.05, 0.1) is 11.8 Å². The Labute approximate surface area is 101 Å². The maximum absolute atomic E-state index is 12.3. The van der Waals surface area contributed by atoms with Crippen LogP contribution in [0.3, 0.4) is 0 Å². The van der Waals surface area contributed by atoms with E-state index in [4.69, 9.17) is 5.11 Å². The average Bonchev–Trinajstić information content (AvgIpc) is 2.39. The fourth-order valence-corrected chi connectivity index (χ4v) is 2.71. The molecule has 4 heteroatoms. The van der Waals surface area contributed by atoms with Crippen molar-refractivity contribution in [3.05, 3.63) is 12.2 Å². The number of carbonyl (C=O) groups excluding carboxylic acids is 1. The Balaban J connectivity index is 2.05. The van der Waals surface area contributed by atoms with Crippen molar-refractivity contribution in [1.82, 2.24) is 4.90 Å². The average molecular weight is 237 g/mol. The summed E-state index contributed by atoms with van der Waals surface area (Å²) in [7, 11) is 0. The third-order valence-electron chi connectivity index (χ3n) is 3.73. The summed E-state index contributed by atoms with van der Waals surface area (Å²) < 4.78 is 0. The second-order valence-electron chi connectivity index (χ2n) is 4.88. The first-order valence-electron chi connectivity index (χ1n) is 6.36. The van der Waals surface area contributed by atoms with Crippen LogP contribution in [0.5, 0.6) is 0 Å². The molecule has 1 heterocycles. The molecule has 2 atom stereocenters. The lowest BCUT2D eigenvalue weighted by Crippen LogP contribution is -2.44. The SMILES string of the molecule is O=C(O)[C@@H]1CC=CC[C@@H]1C(=O)N1CCCCC1. The fraction of sp³-hybridized carbons (Fsp3) is 0.692. The van der Waals surface area contributed by atoms with E-state index in [0.717, 1.165) is 25.9 Å². The van der Waals surface area contributed by atoms with E-state index in [9.17, 15) is 9.59 Å². The van der Waals surface area contributed by atoms with Gasteiger partial charge < -0.3 is 10.0 Å². The number of piperidine rings is 1. The minimum Gasteiger partial charge on any atom is -0.481 e. The molecule has 2 aliphatic rings. The predicted octanol–water partition coefficient (Wildman–Crippen LogP) is 1.67. The Morgan fingerprint density at radius 2 is 1.59 bits per heavy atom. The number of hydrogen-bond donors (Lipinski definition) is 1. The fourth-order valence-electron chi connectivity index (χ4n) is 2.71. The number of hydrogen-bond acceptors (Lipinski definition) is 2. The largest absolute Gasteiger partial charge is 0.481 e. The van der Waals surface area contributed by atoms with Gasteiger partial charge in [-0.2, -0.15) is 0 Å². The summed E-state index contributed by atoms with van der Waals surface area (Å²) in [5.74, 6) is -1.68. The number of carbonyl (C=O) groups is 2. The van der Waals surface area contributed by atoms with Crippen molar-refractivity contribution in [1.29, 1.82) is 0 Å². The topological polar surface area (TPSA) is 57.6 Å². The van der Waals surface area contributed by atoms with E-state index in [0.29, 0.717) is 12.8 Å². The standard InChI is InChI=1S/C13H19NO3/c15-12(14-8-4-1-5-9-14)10-6-2-3-7-11(10)13(16)17/h2-3,10-11H,1,4-9H2,(H,16,17)/t10-,11+/m0/s1. The number of carboxylic acid groups (broad SMARTS) is 1. The number of allylic oxidation sites excluding steroid dienone is 2. The summed E-state index contributed by atoms with van der Waals surface area (Å²) >= 11 is 0. The maximum atomic E-state index is 12.3. The molecule has 0 aromatic rings. The Bertz CT molecular complexity index is 332. The van der Waals surface area contributed by atoms with Gasteiger partial charge in [-0.25, -0.2) is 0 Å². The number of aliphatic carboxylic acids is 1. The lowest BCUT2D eigenvalue weighted by molar-refractivity contribution is -0.151. The molecule has 0 bridgehead atoms. The molecular weight excluding hydrogens is 218 g/mol. The number of nitrogens with zero attached hydrogens (tertiary/aromatic N) is 1. The van der Waals surface area contributed by atoms with E-state index in [1.165, 1.54) is 6.42 Å². The molecule has 1 N–H and O–H groups in total. The van der Waals surface area contributed by atoms with Crippen LogP contribution in [0, 0.1) is 11.8 Å². The highest BCUT2D eigenvalue weighted by molar-refractivity contribution is 5.85. The molecule has 0 saturated carbocycles. The van der Waals surface area contributed by atoms with Gasteiger partial charge in [0, 0.05) is 13.1 Å². The van der Waals surface area contributed by atoms with Crippen molar-refractivity contribution in [3.63, 3.8) is 0 Å². The van der Waals surface area contributed by atoms with Gasteiger partial charge in [0.1, 0.15) is 0 Å². The highest BCUT2D eigenvalue weighted by Crippen LogP contribution is 2.28. The van der Waals surface area contributed by atoms with Gasteiger partial charge >= 0.3 is 5.97 Å². The molecule has 0 aromatic carbocycles. The molecule has 0 spiro atoms. The Hall–Kier alpha value is -1.32. The molecule has 1 amide bonds. The van der Waals surface area contributed by atoms with Crippen LogP contribution in [0.25, 0.3) is 0 Å². The number of amides is 1. The summed E-state index contributed by atoms with van der Waals surface area (Å²) in [5, 5.41) is 9.15. The molecule has 17 heavy (non-hydrogen) atoms. The van der Waals surface area contributed by atoms with Crippen LogP contribution in [0.4, 0.5) is 0 Å². The quantitative estimate of drug-likeness (QED) is 0.743. The normalized spacial score (nSPS) is 29.1. The molecule has 1 saturated heterocycles. The van der Waals surface area contributed by atoms with E-state index in [2.05, 4.69) is 0 Å². The molecule has 1 aliphatic carbocycles. The summed E-state index contributed by atoms with van der Waals surface area (Å²) in [4.78, 5) is 25.3. The molecule has 4 nitrogen and oxygen atoms in total. The monoisotopic (exact) mass is 237 g/mol. The van der Waals surface area contributed by atoms with Crippen molar-refractivity contribution in [2.75, 3.05) is 13.1 Å². The van der Waals surface area contributed by atoms with Gasteiger partial charge in [-0.15, -0.1) is 0 Å². The van der Waals surface area contributed by atoms with Crippen molar-refractivity contribution in [2.45, 2.75) is 32.1 Å². The van der Waals surface area contributed by atoms with Crippen LogP contribution in [-0.2, 0) is 9.59 Å². The van der Waals surface area contributed by atoms with E-state index in [1.54, 1.807) is 0 Å². The predicted molar refractivity (Wildman–Crippen MR) is 63.4 cm³/mol. The van der Waals surface area contributed by atoms with Crippen molar-refractivity contribution >= 4 is 11.9 Å². The highest BCUT2D eigenvalue weighted by Gasteiger charge is 2.36. The van der Waals surface area contributed by atoms with E-state index >= 15 is 0 Å². The van der Waals surface area contributed by atoms with Crippen LogP contribution in [0.1, 0.15) is 32.1 Å². The zero-order chi connectivity index (χ0) is 12.3. The van der Waals surface area contributed by atoms with Gasteiger partial charge in [0.25, 0.3) is 0 Å². The van der Waals surface area contributed by atoms with Gasteiger partial charge in [-0.05, 0) is 32.1 Å². The first kappa shape index (κ1) is 12.1. The number of likely N-dealkylation sites (tertiary alicyclic amines) is 1. The minimum atomic E-state index is -0.843. The Morgan fingerprint density at radius 3 is 2.18 bits per heavy atom. The molecule has 0 unspecified atom stereocenters. The molecule has 1 aliphatic heterocycles. The van der Waals surface area contributed by atoms with Gasteiger partial charge in [-0.3, -0.25) is 9.59 Å². The van der Waals surface area contributed by atoms with Crippen molar-refractivity contribution < 1.29 is 14.7 Å². The van der Waals surface area contributed by atoms with Crippen LogP contribution in [0.2, 0.25) is 0 Å². The van der Waals surface area contributed by atoms with Crippen LogP contribution in [0.15, 0.2) is 12.2 Å². The zero-order valence-electron chi connectivity index (χ0n) is 9.97. The summed E-state index contributed by atoms with van der Waals surface area (Å²) in [5.41, 5.74) is 0. The Morgan fingerprint density at radius 1 is 1.00 bits per heavy atom. The zero-order valence-corrected chi connectivity index (χ0v) is 9.97. The van der Waals surface area contributed by atoms with Crippen LogP contribution < -0.4 is 0 Å². The molecule has 94 valence electrons.